The first-order valence-corrected chi connectivity index (χ1v) is 4.02. The molecule has 0 N–H and O–H groups in total. The predicted molar refractivity (Wildman–Crippen MR) is 52.6 cm³/mol. The zero-order chi connectivity index (χ0) is 10.6. The molecule has 1 aromatic rings. The molecule has 0 fully saturated rings. The Labute approximate surface area is 82.2 Å². The van der Waals surface area contributed by atoms with Gasteiger partial charge in [-0.05, 0) is 18.2 Å². The summed E-state index contributed by atoms with van der Waals surface area (Å²) in [5, 5.41) is 8.64. The van der Waals surface area contributed by atoms with E-state index in [0.717, 1.165) is 0 Å². The summed E-state index contributed by atoms with van der Waals surface area (Å²) in [5.74, 6) is 0.0318. The Morgan fingerprint density at radius 3 is 2.86 bits per heavy atom. The van der Waals surface area contributed by atoms with Gasteiger partial charge in [-0.15, -0.1) is 0 Å². The highest BCUT2D eigenvalue weighted by atomic mass is 16.5. The minimum Gasteiger partial charge on any atom is -0.426 e. The monoisotopic (exact) mass is 187 g/mol. The number of hydrogen-bond acceptors (Lipinski definition) is 3. The van der Waals surface area contributed by atoms with Crippen molar-refractivity contribution < 1.29 is 9.53 Å². The van der Waals surface area contributed by atoms with Gasteiger partial charge in [0.2, 0.25) is 0 Å². The Kier molecular flexibility index (Phi) is 3.03. The van der Waals surface area contributed by atoms with E-state index in [0.29, 0.717) is 16.9 Å². The highest BCUT2D eigenvalue weighted by Gasteiger charge is 2.04. The van der Waals surface area contributed by atoms with E-state index in [9.17, 15) is 4.79 Å². The molecule has 70 valence electrons. The first-order valence-electron chi connectivity index (χ1n) is 4.02. The third kappa shape index (κ3) is 2.20. The van der Waals surface area contributed by atoms with Crippen molar-refractivity contribution in [3.05, 3.63) is 35.9 Å². The summed E-state index contributed by atoms with van der Waals surface area (Å²) < 4.78 is 4.92. The van der Waals surface area contributed by atoms with Gasteiger partial charge in [0.05, 0.1) is 11.6 Å². The number of nitriles is 1. The summed E-state index contributed by atoms with van der Waals surface area (Å²) in [6, 6.07) is 6.78. The SMILES string of the molecule is C=Cc1cc(C#N)ccc1OC(C)=O. The molecule has 0 aliphatic rings. The Balaban J connectivity index is 3.12. The van der Waals surface area contributed by atoms with Crippen LogP contribution in [-0.2, 0) is 4.79 Å². The fourth-order valence-electron chi connectivity index (χ4n) is 1.03. The van der Waals surface area contributed by atoms with Crippen molar-refractivity contribution in [1.82, 2.24) is 0 Å². The number of nitrogens with zero attached hydrogens (tertiary/aromatic N) is 1. The molecule has 0 spiro atoms. The number of hydrogen-bond donors (Lipinski definition) is 0. The van der Waals surface area contributed by atoms with E-state index < -0.39 is 5.97 Å². The van der Waals surface area contributed by atoms with Crippen molar-refractivity contribution in [3.63, 3.8) is 0 Å². The average molecular weight is 187 g/mol. The van der Waals surface area contributed by atoms with Crippen molar-refractivity contribution in [2.75, 3.05) is 0 Å². The molecule has 0 saturated carbocycles. The van der Waals surface area contributed by atoms with Crippen molar-refractivity contribution >= 4 is 12.0 Å². The smallest absolute Gasteiger partial charge is 0.308 e. The van der Waals surface area contributed by atoms with Gasteiger partial charge < -0.3 is 4.74 Å². The summed E-state index contributed by atoms with van der Waals surface area (Å²) in [6.07, 6.45) is 1.54. The van der Waals surface area contributed by atoms with Crippen LogP contribution in [0, 0.1) is 11.3 Å². The number of benzene rings is 1. The number of carbonyl (C=O) groups is 1. The molecule has 0 aliphatic heterocycles. The topological polar surface area (TPSA) is 50.1 Å². The van der Waals surface area contributed by atoms with Crippen LogP contribution >= 0.6 is 0 Å². The first kappa shape index (κ1) is 10.0. The van der Waals surface area contributed by atoms with Crippen LogP contribution in [0.25, 0.3) is 6.08 Å². The van der Waals surface area contributed by atoms with Crippen LogP contribution < -0.4 is 4.74 Å². The summed E-state index contributed by atoms with van der Waals surface area (Å²) in [5.41, 5.74) is 1.15. The second-order valence-electron chi connectivity index (χ2n) is 2.66. The molecule has 0 saturated heterocycles. The van der Waals surface area contributed by atoms with E-state index in [2.05, 4.69) is 6.58 Å². The fourth-order valence-corrected chi connectivity index (χ4v) is 1.03. The van der Waals surface area contributed by atoms with Crippen molar-refractivity contribution in [2.24, 2.45) is 0 Å². The molecule has 0 atom stereocenters. The molecule has 0 radical (unpaired) electrons. The third-order valence-electron chi connectivity index (χ3n) is 1.61. The van der Waals surface area contributed by atoms with Gasteiger partial charge in [-0.1, -0.05) is 12.7 Å². The summed E-state index contributed by atoms with van der Waals surface area (Å²) in [7, 11) is 0. The lowest BCUT2D eigenvalue weighted by molar-refractivity contribution is -0.131. The van der Waals surface area contributed by atoms with Crippen LogP contribution in [0.15, 0.2) is 24.8 Å². The average Bonchev–Trinajstić information content (AvgIpc) is 2.17. The Morgan fingerprint density at radius 1 is 1.64 bits per heavy atom. The molecule has 0 unspecified atom stereocenters. The van der Waals surface area contributed by atoms with E-state index in [1.807, 2.05) is 6.07 Å². The van der Waals surface area contributed by atoms with Crippen LogP contribution in [0.5, 0.6) is 5.75 Å². The highest BCUT2D eigenvalue weighted by Crippen LogP contribution is 2.21. The van der Waals surface area contributed by atoms with Crippen molar-refractivity contribution in [3.8, 4) is 11.8 Å². The summed E-state index contributed by atoms with van der Waals surface area (Å²) in [6.45, 7) is 4.90. The van der Waals surface area contributed by atoms with Gasteiger partial charge in [-0.3, -0.25) is 4.79 Å². The Morgan fingerprint density at radius 2 is 2.36 bits per heavy atom. The van der Waals surface area contributed by atoms with Gasteiger partial charge in [-0.25, -0.2) is 0 Å². The number of rotatable bonds is 2. The van der Waals surface area contributed by atoms with E-state index >= 15 is 0 Å². The predicted octanol–water partition coefficient (Wildman–Crippen LogP) is 2.13. The van der Waals surface area contributed by atoms with E-state index in [4.69, 9.17) is 10.00 Å². The van der Waals surface area contributed by atoms with Gasteiger partial charge in [0.15, 0.2) is 0 Å². The Bertz CT molecular complexity index is 416. The molecule has 3 heteroatoms. The number of esters is 1. The lowest BCUT2D eigenvalue weighted by atomic mass is 10.1. The maximum Gasteiger partial charge on any atom is 0.308 e. The molecular formula is C11H9NO2. The van der Waals surface area contributed by atoms with Gasteiger partial charge >= 0.3 is 5.97 Å². The molecule has 3 nitrogen and oxygen atoms in total. The van der Waals surface area contributed by atoms with Crippen LogP contribution in [-0.4, -0.2) is 5.97 Å². The molecule has 0 heterocycles. The van der Waals surface area contributed by atoms with Gasteiger partial charge in [0.25, 0.3) is 0 Å². The molecule has 0 aromatic heterocycles. The largest absolute Gasteiger partial charge is 0.426 e. The highest BCUT2D eigenvalue weighted by molar-refractivity contribution is 5.72. The fraction of sp³-hybridized carbons (Fsp3) is 0.0909. The molecule has 0 aliphatic carbocycles. The van der Waals surface area contributed by atoms with E-state index in [1.165, 1.54) is 6.92 Å². The second kappa shape index (κ2) is 4.24. The van der Waals surface area contributed by atoms with Gasteiger partial charge in [0.1, 0.15) is 5.75 Å². The molecule has 0 bridgehead atoms. The van der Waals surface area contributed by atoms with Crippen LogP contribution in [0.4, 0.5) is 0 Å². The molecule has 14 heavy (non-hydrogen) atoms. The minimum absolute atomic E-state index is 0.391. The summed E-state index contributed by atoms with van der Waals surface area (Å²) >= 11 is 0. The lowest BCUT2D eigenvalue weighted by Gasteiger charge is -2.04. The normalized spacial score (nSPS) is 8.86. The lowest BCUT2D eigenvalue weighted by Crippen LogP contribution is -2.02. The standard InChI is InChI=1S/C11H9NO2/c1-3-10-6-9(7-12)4-5-11(10)14-8(2)13/h3-6H,1H2,2H3. The van der Waals surface area contributed by atoms with Crippen LogP contribution in [0.1, 0.15) is 18.1 Å². The van der Waals surface area contributed by atoms with Crippen LogP contribution in [0.2, 0.25) is 0 Å². The quantitative estimate of drug-likeness (QED) is 0.526. The van der Waals surface area contributed by atoms with Crippen LogP contribution in [0.3, 0.4) is 0 Å². The zero-order valence-corrected chi connectivity index (χ0v) is 7.78. The third-order valence-corrected chi connectivity index (χ3v) is 1.61. The number of carbonyl (C=O) groups excluding carboxylic acids is 1. The first-order chi connectivity index (χ1) is 6.67. The number of ether oxygens (including phenoxy) is 1. The van der Waals surface area contributed by atoms with Crippen molar-refractivity contribution in [1.29, 1.82) is 5.26 Å². The van der Waals surface area contributed by atoms with Gasteiger partial charge in [-0.2, -0.15) is 5.26 Å². The molecule has 0 amide bonds. The molecule has 1 rings (SSSR count). The molecular weight excluding hydrogens is 178 g/mol. The second-order valence-corrected chi connectivity index (χ2v) is 2.66. The Hall–Kier alpha value is -2.08. The molecule has 1 aromatic carbocycles. The van der Waals surface area contributed by atoms with E-state index in [-0.39, 0.29) is 0 Å². The minimum atomic E-state index is -0.391. The summed E-state index contributed by atoms with van der Waals surface area (Å²) in [4.78, 5) is 10.7. The van der Waals surface area contributed by atoms with Gasteiger partial charge in [0, 0.05) is 12.5 Å². The maximum atomic E-state index is 10.7. The van der Waals surface area contributed by atoms with Crippen molar-refractivity contribution in [2.45, 2.75) is 6.92 Å². The van der Waals surface area contributed by atoms with E-state index in [1.54, 1.807) is 24.3 Å². The zero-order valence-electron chi connectivity index (χ0n) is 7.78. The maximum absolute atomic E-state index is 10.7.